The van der Waals surface area contributed by atoms with Gasteiger partial charge in [-0.05, 0) is 31.9 Å². The molecule has 2 aromatic heterocycles. The molecule has 17 heavy (non-hydrogen) atoms. The molecule has 0 spiro atoms. The smallest absolute Gasteiger partial charge is 0.177 e. The Morgan fingerprint density at radius 3 is 3.12 bits per heavy atom. The number of rotatable bonds is 2. The van der Waals surface area contributed by atoms with Gasteiger partial charge in [0.25, 0.3) is 0 Å². The van der Waals surface area contributed by atoms with E-state index < -0.39 is 0 Å². The van der Waals surface area contributed by atoms with Gasteiger partial charge >= 0.3 is 0 Å². The number of imidazole rings is 1. The fraction of sp³-hybridized carbons (Fsp3) is 0.538. The summed E-state index contributed by atoms with van der Waals surface area (Å²) in [7, 11) is 0. The average molecular weight is 231 g/mol. The molecule has 0 saturated carbocycles. The molecular weight excluding hydrogens is 214 g/mol. The third-order valence-corrected chi connectivity index (χ3v) is 3.47. The Kier molecular flexibility index (Phi) is 2.59. The number of pyridine rings is 1. The summed E-state index contributed by atoms with van der Waals surface area (Å²) in [6.45, 7) is 4.99. The van der Waals surface area contributed by atoms with Crippen molar-refractivity contribution < 1.29 is 4.74 Å². The van der Waals surface area contributed by atoms with Crippen molar-refractivity contribution in [2.24, 2.45) is 0 Å². The van der Waals surface area contributed by atoms with Crippen LogP contribution in [0.1, 0.15) is 37.2 Å². The second kappa shape index (κ2) is 4.11. The molecule has 3 heterocycles. The maximum atomic E-state index is 5.71. The first kappa shape index (κ1) is 10.7. The van der Waals surface area contributed by atoms with Crippen LogP contribution in [0.15, 0.2) is 12.1 Å². The first-order valence-electron chi connectivity index (χ1n) is 6.23. The summed E-state index contributed by atoms with van der Waals surface area (Å²) in [6, 6.07) is 4.05. The fourth-order valence-electron chi connectivity index (χ4n) is 2.55. The topological polar surface area (TPSA) is 50.8 Å². The third kappa shape index (κ3) is 1.82. The number of aromatic nitrogens is 3. The summed E-state index contributed by atoms with van der Waals surface area (Å²) in [5.74, 6) is 1.43. The van der Waals surface area contributed by atoms with Gasteiger partial charge in [-0.1, -0.05) is 6.92 Å². The van der Waals surface area contributed by atoms with Crippen LogP contribution in [0.4, 0.5) is 0 Å². The lowest BCUT2D eigenvalue weighted by molar-refractivity contribution is 0.0996. The number of fused-ring (bicyclic) bond motifs is 1. The molecule has 3 rings (SSSR count). The van der Waals surface area contributed by atoms with E-state index in [-0.39, 0.29) is 0 Å². The second-order valence-corrected chi connectivity index (χ2v) is 4.66. The molecule has 0 radical (unpaired) electrons. The molecule has 4 heteroatoms. The van der Waals surface area contributed by atoms with Gasteiger partial charge in [0.1, 0.15) is 5.82 Å². The Morgan fingerprint density at radius 1 is 1.41 bits per heavy atom. The van der Waals surface area contributed by atoms with Gasteiger partial charge in [-0.3, -0.25) is 0 Å². The molecule has 2 unspecified atom stereocenters. The number of nitrogens with zero attached hydrogens (tertiary/aromatic N) is 2. The lowest BCUT2D eigenvalue weighted by atomic mass is 9.99. The Hall–Kier alpha value is -1.42. The Labute approximate surface area is 100 Å². The van der Waals surface area contributed by atoms with E-state index in [1.807, 2.05) is 19.1 Å². The molecule has 0 bridgehead atoms. The quantitative estimate of drug-likeness (QED) is 0.864. The number of nitrogens with one attached hydrogen (secondary N) is 1. The molecule has 1 fully saturated rings. The van der Waals surface area contributed by atoms with Crippen LogP contribution in [0, 0.1) is 6.92 Å². The van der Waals surface area contributed by atoms with Crippen molar-refractivity contribution in [3.8, 4) is 0 Å². The molecule has 1 N–H and O–H groups in total. The zero-order valence-corrected chi connectivity index (χ0v) is 10.2. The van der Waals surface area contributed by atoms with Crippen LogP contribution in [0.5, 0.6) is 0 Å². The molecule has 0 aliphatic carbocycles. The van der Waals surface area contributed by atoms with Gasteiger partial charge in [0.15, 0.2) is 5.65 Å². The number of aryl methyl sites for hydroxylation is 1. The lowest BCUT2D eigenvalue weighted by Gasteiger charge is -2.13. The maximum Gasteiger partial charge on any atom is 0.177 e. The molecule has 1 saturated heterocycles. The number of ether oxygens (including phenoxy) is 1. The van der Waals surface area contributed by atoms with Crippen LogP contribution in [0.25, 0.3) is 11.2 Å². The molecular formula is C13H17N3O. The molecule has 90 valence electrons. The summed E-state index contributed by atoms with van der Waals surface area (Å²) in [4.78, 5) is 12.4. The standard InChI is InChI=1S/C13H17N3O/c1-3-11-9(6-7-17-11)12-15-10-5-4-8(2)14-13(10)16-12/h4-5,9,11H,3,6-7H2,1-2H3,(H,14,15,16). The van der Waals surface area contributed by atoms with Crippen molar-refractivity contribution in [3.63, 3.8) is 0 Å². The highest BCUT2D eigenvalue weighted by atomic mass is 16.5. The van der Waals surface area contributed by atoms with Gasteiger partial charge in [0.2, 0.25) is 0 Å². The van der Waals surface area contributed by atoms with Crippen LogP contribution in [-0.4, -0.2) is 27.7 Å². The molecule has 4 nitrogen and oxygen atoms in total. The Balaban J connectivity index is 2.00. The molecule has 0 aromatic carbocycles. The number of hydrogen-bond acceptors (Lipinski definition) is 3. The predicted molar refractivity (Wildman–Crippen MR) is 66.0 cm³/mol. The zero-order chi connectivity index (χ0) is 11.8. The van der Waals surface area contributed by atoms with Gasteiger partial charge in [-0.25, -0.2) is 9.97 Å². The normalized spacial score (nSPS) is 24.6. The molecule has 0 amide bonds. The number of hydrogen-bond donors (Lipinski definition) is 1. The summed E-state index contributed by atoms with van der Waals surface area (Å²) in [5.41, 5.74) is 2.85. The fourth-order valence-corrected chi connectivity index (χ4v) is 2.55. The van der Waals surface area contributed by atoms with E-state index in [0.717, 1.165) is 42.1 Å². The summed E-state index contributed by atoms with van der Waals surface area (Å²) in [5, 5.41) is 0. The summed E-state index contributed by atoms with van der Waals surface area (Å²) < 4.78 is 5.71. The Bertz CT molecular complexity index is 534. The predicted octanol–water partition coefficient (Wildman–Crippen LogP) is 2.55. The molecule has 1 aliphatic rings. The van der Waals surface area contributed by atoms with Crippen molar-refractivity contribution in [2.75, 3.05) is 6.61 Å². The monoisotopic (exact) mass is 231 g/mol. The number of aromatic amines is 1. The average Bonchev–Trinajstić information content (AvgIpc) is 2.93. The van der Waals surface area contributed by atoms with Gasteiger partial charge in [0.05, 0.1) is 11.6 Å². The first-order chi connectivity index (χ1) is 8.28. The van der Waals surface area contributed by atoms with Gasteiger partial charge < -0.3 is 9.72 Å². The second-order valence-electron chi connectivity index (χ2n) is 4.66. The van der Waals surface area contributed by atoms with Crippen LogP contribution >= 0.6 is 0 Å². The SMILES string of the molecule is CCC1OCCC1c1nc2nc(C)ccc2[nH]1. The van der Waals surface area contributed by atoms with E-state index in [1.165, 1.54) is 0 Å². The minimum Gasteiger partial charge on any atom is -0.377 e. The van der Waals surface area contributed by atoms with Crippen LogP contribution in [-0.2, 0) is 4.74 Å². The van der Waals surface area contributed by atoms with E-state index in [4.69, 9.17) is 4.74 Å². The van der Waals surface area contributed by atoms with Crippen molar-refractivity contribution in [1.29, 1.82) is 0 Å². The largest absolute Gasteiger partial charge is 0.377 e. The minimum absolute atomic E-state index is 0.302. The third-order valence-electron chi connectivity index (χ3n) is 3.47. The van der Waals surface area contributed by atoms with Crippen molar-refractivity contribution in [3.05, 3.63) is 23.7 Å². The summed E-state index contributed by atoms with van der Waals surface area (Å²) >= 11 is 0. The zero-order valence-electron chi connectivity index (χ0n) is 10.2. The molecule has 2 aromatic rings. The van der Waals surface area contributed by atoms with Gasteiger partial charge in [-0.15, -0.1) is 0 Å². The molecule has 1 aliphatic heterocycles. The Morgan fingerprint density at radius 2 is 2.29 bits per heavy atom. The van der Waals surface area contributed by atoms with E-state index in [1.54, 1.807) is 0 Å². The molecule has 2 atom stereocenters. The minimum atomic E-state index is 0.302. The van der Waals surface area contributed by atoms with E-state index >= 15 is 0 Å². The van der Waals surface area contributed by atoms with Crippen LogP contribution in [0.2, 0.25) is 0 Å². The highest BCUT2D eigenvalue weighted by molar-refractivity contribution is 5.70. The highest BCUT2D eigenvalue weighted by Crippen LogP contribution is 2.32. The number of H-pyrrole nitrogens is 1. The van der Waals surface area contributed by atoms with Crippen LogP contribution < -0.4 is 0 Å². The van der Waals surface area contributed by atoms with E-state index in [9.17, 15) is 0 Å². The van der Waals surface area contributed by atoms with Crippen molar-refractivity contribution >= 4 is 11.2 Å². The van der Waals surface area contributed by atoms with Gasteiger partial charge in [0, 0.05) is 18.2 Å². The van der Waals surface area contributed by atoms with Crippen molar-refractivity contribution in [1.82, 2.24) is 15.0 Å². The lowest BCUT2D eigenvalue weighted by Crippen LogP contribution is -2.14. The highest BCUT2D eigenvalue weighted by Gasteiger charge is 2.30. The van der Waals surface area contributed by atoms with E-state index in [0.29, 0.717) is 12.0 Å². The van der Waals surface area contributed by atoms with Crippen LogP contribution in [0.3, 0.4) is 0 Å². The summed E-state index contributed by atoms with van der Waals surface area (Å²) in [6.07, 6.45) is 2.39. The first-order valence-corrected chi connectivity index (χ1v) is 6.23. The van der Waals surface area contributed by atoms with Gasteiger partial charge in [-0.2, -0.15) is 0 Å². The van der Waals surface area contributed by atoms with Crippen molar-refractivity contribution in [2.45, 2.75) is 38.7 Å². The maximum absolute atomic E-state index is 5.71. The van der Waals surface area contributed by atoms with E-state index in [2.05, 4.69) is 21.9 Å².